The molecule has 21 heavy (non-hydrogen) atoms. The summed E-state index contributed by atoms with van der Waals surface area (Å²) in [5, 5.41) is 9.78. The summed E-state index contributed by atoms with van der Waals surface area (Å²) in [7, 11) is 0. The van der Waals surface area contributed by atoms with E-state index in [1.807, 2.05) is 30.3 Å². The van der Waals surface area contributed by atoms with Crippen molar-refractivity contribution in [2.45, 2.75) is 13.3 Å². The lowest BCUT2D eigenvalue weighted by Crippen LogP contribution is -2.01. The van der Waals surface area contributed by atoms with Gasteiger partial charge in [0.1, 0.15) is 5.82 Å². The largest absolute Gasteiger partial charge is 0.481 e. The van der Waals surface area contributed by atoms with Gasteiger partial charge in [0.25, 0.3) is 0 Å². The smallest absolute Gasteiger partial charge is 0.307 e. The number of aryl methyl sites for hydroxylation is 1. The Kier molecular flexibility index (Phi) is 3.22. The van der Waals surface area contributed by atoms with E-state index in [-0.39, 0.29) is 12.2 Å². The highest BCUT2D eigenvalue weighted by Crippen LogP contribution is 2.32. The van der Waals surface area contributed by atoms with Gasteiger partial charge in [-0.25, -0.2) is 4.39 Å². The monoisotopic (exact) mass is 283 g/mol. The molecule has 0 atom stereocenters. The van der Waals surface area contributed by atoms with Gasteiger partial charge in [0.15, 0.2) is 0 Å². The van der Waals surface area contributed by atoms with Gasteiger partial charge in [-0.15, -0.1) is 0 Å². The van der Waals surface area contributed by atoms with Crippen molar-refractivity contribution in [1.82, 2.24) is 4.98 Å². The number of benzene rings is 2. The maximum absolute atomic E-state index is 13.7. The third-order valence-electron chi connectivity index (χ3n) is 3.57. The minimum atomic E-state index is -0.935. The predicted octanol–water partition coefficient (Wildman–Crippen LogP) is 3.91. The molecule has 0 fully saturated rings. The highest BCUT2D eigenvalue weighted by molar-refractivity contribution is 5.95. The number of fused-ring (bicyclic) bond motifs is 1. The number of H-pyrrole nitrogens is 1. The lowest BCUT2D eigenvalue weighted by Gasteiger charge is -2.02. The minimum absolute atomic E-state index is 0.146. The first kappa shape index (κ1) is 13.4. The number of aliphatic carboxylic acids is 1. The van der Waals surface area contributed by atoms with Gasteiger partial charge in [-0.3, -0.25) is 4.79 Å². The molecule has 0 radical (unpaired) electrons. The number of aromatic nitrogens is 1. The second-order valence-electron chi connectivity index (χ2n) is 5.06. The van der Waals surface area contributed by atoms with E-state index in [4.69, 9.17) is 5.11 Å². The van der Waals surface area contributed by atoms with Crippen molar-refractivity contribution in [3.63, 3.8) is 0 Å². The van der Waals surface area contributed by atoms with Crippen LogP contribution in [-0.2, 0) is 11.2 Å². The van der Waals surface area contributed by atoms with Gasteiger partial charge in [-0.1, -0.05) is 30.3 Å². The molecule has 0 aliphatic rings. The summed E-state index contributed by atoms with van der Waals surface area (Å²) in [5.41, 5.74) is 3.79. The molecule has 1 heterocycles. The third-order valence-corrected chi connectivity index (χ3v) is 3.57. The molecule has 0 unspecified atom stereocenters. The summed E-state index contributed by atoms with van der Waals surface area (Å²) in [4.78, 5) is 14.4. The van der Waals surface area contributed by atoms with Crippen LogP contribution < -0.4 is 0 Å². The fraction of sp³-hybridized carbons (Fsp3) is 0.118. The van der Waals surface area contributed by atoms with Crippen molar-refractivity contribution in [1.29, 1.82) is 0 Å². The van der Waals surface area contributed by atoms with Crippen LogP contribution in [0.4, 0.5) is 4.39 Å². The molecular formula is C17H14FNO2. The Morgan fingerprint density at radius 3 is 2.62 bits per heavy atom. The van der Waals surface area contributed by atoms with E-state index >= 15 is 0 Å². The molecule has 0 spiro atoms. The van der Waals surface area contributed by atoms with Crippen molar-refractivity contribution >= 4 is 16.9 Å². The van der Waals surface area contributed by atoms with Crippen LogP contribution in [0, 0.1) is 12.7 Å². The average Bonchev–Trinajstić information content (AvgIpc) is 2.78. The highest BCUT2D eigenvalue weighted by atomic mass is 19.1. The zero-order valence-electron chi connectivity index (χ0n) is 11.5. The van der Waals surface area contributed by atoms with Crippen LogP contribution in [0.2, 0.25) is 0 Å². The molecule has 0 saturated heterocycles. The first-order chi connectivity index (χ1) is 10.1. The molecule has 4 heteroatoms. The highest BCUT2D eigenvalue weighted by Gasteiger charge is 2.17. The zero-order valence-corrected chi connectivity index (χ0v) is 11.5. The molecule has 0 bridgehead atoms. The van der Waals surface area contributed by atoms with E-state index < -0.39 is 5.97 Å². The number of rotatable bonds is 3. The quantitative estimate of drug-likeness (QED) is 0.765. The maximum atomic E-state index is 13.7. The Labute approximate surface area is 121 Å². The number of carbonyl (C=O) groups is 1. The summed E-state index contributed by atoms with van der Waals surface area (Å²) in [5.74, 6) is -1.29. The number of hydrogen-bond donors (Lipinski definition) is 2. The SMILES string of the molecule is Cc1cc(F)cc2c(CC(=O)O)c(-c3ccccc3)[nH]c12. The number of aromatic amines is 1. The summed E-state index contributed by atoms with van der Waals surface area (Å²) in [6.07, 6.45) is -0.146. The van der Waals surface area contributed by atoms with E-state index in [1.54, 1.807) is 6.92 Å². The summed E-state index contributed by atoms with van der Waals surface area (Å²) in [6, 6.07) is 12.3. The molecule has 0 aliphatic carbocycles. The number of hydrogen-bond acceptors (Lipinski definition) is 1. The van der Waals surface area contributed by atoms with Crippen LogP contribution in [-0.4, -0.2) is 16.1 Å². The van der Waals surface area contributed by atoms with E-state index in [9.17, 15) is 9.18 Å². The molecule has 2 N–H and O–H groups in total. The van der Waals surface area contributed by atoms with Gasteiger partial charge in [-0.05, 0) is 35.7 Å². The maximum Gasteiger partial charge on any atom is 0.307 e. The second kappa shape index (κ2) is 5.05. The summed E-state index contributed by atoms with van der Waals surface area (Å²) >= 11 is 0. The number of carboxylic acid groups (broad SMARTS) is 1. The van der Waals surface area contributed by atoms with Crippen LogP contribution in [0.3, 0.4) is 0 Å². The minimum Gasteiger partial charge on any atom is -0.481 e. The van der Waals surface area contributed by atoms with E-state index in [0.717, 1.165) is 22.3 Å². The molecule has 0 saturated carbocycles. The van der Waals surface area contributed by atoms with Gasteiger partial charge >= 0.3 is 5.97 Å². The van der Waals surface area contributed by atoms with Crippen molar-refractivity contribution < 1.29 is 14.3 Å². The van der Waals surface area contributed by atoms with Gasteiger partial charge in [0.05, 0.1) is 12.1 Å². The van der Waals surface area contributed by atoms with Crippen molar-refractivity contribution in [3.05, 3.63) is 59.4 Å². The summed E-state index contributed by atoms with van der Waals surface area (Å²) in [6.45, 7) is 1.81. The topological polar surface area (TPSA) is 53.1 Å². The molecule has 3 aromatic rings. The van der Waals surface area contributed by atoms with E-state index in [0.29, 0.717) is 10.9 Å². The zero-order chi connectivity index (χ0) is 15.0. The Morgan fingerprint density at radius 2 is 1.95 bits per heavy atom. The molecule has 1 aromatic heterocycles. The molecule has 3 rings (SSSR count). The number of carboxylic acids is 1. The van der Waals surface area contributed by atoms with Crippen LogP contribution in [0.1, 0.15) is 11.1 Å². The first-order valence-corrected chi connectivity index (χ1v) is 6.64. The van der Waals surface area contributed by atoms with E-state index in [2.05, 4.69) is 4.98 Å². The standard InChI is InChI=1S/C17H14FNO2/c1-10-7-12(18)8-13-14(9-15(20)21)17(19-16(10)13)11-5-3-2-4-6-11/h2-8,19H,9H2,1H3,(H,20,21). The normalized spacial score (nSPS) is 11.0. The summed E-state index contributed by atoms with van der Waals surface area (Å²) < 4.78 is 13.7. The fourth-order valence-electron chi connectivity index (χ4n) is 2.67. The Morgan fingerprint density at radius 1 is 1.24 bits per heavy atom. The predicted molar refractivity (Wildman–Crippen MR) is 79.8 cm³/mol. The third kappa shape index (κ3) is 2.40. The van der Waals surface area contributed by atoms with Crippen LogP contribution in [0.15, 0.2) is 42.5 Å². The van der Waals surface area contributed by atoms with Gasteiger partial charge in [0.2, 0.25) is 0 Å². The van der Waals surface area contributed by atoms with Crippen LogP contribution in [0.25, 0.3) is 22.2 Å². The average molecular weight is 283 g/mol. The van der Waals surface area contributed by atoms with Gasteiger partial charge in [-0.2, -0.15) is 0 Å². The molecular weight excluding hydrogens is 269 g/mol. The van der Waals surface area contributed by atoms with Gasteiger partial charge in [0, 0.05) is 10.9 Å². The van der Waals surface area contributed by atoms with Crippen LogP contribution in [0.5, 0.6) is 0 Å². The van der Waals surface area contributed by atoms with E-state index in [1.165, 1.54) is 12.1 Å². The molecule has 0 aliphatic heterocycles. The molecule has 106 valence electrons. The number of nitrogens with one attached hydrogen (secondary N) is 1. The Balaban J connectivity index is 2.33. The van der Waals surface area contributed by atoms with Crippen molar-refractivity contribution in [2.24, 2.45) is 0 Å². The van der Waals surface area contributed by atoms with Crippen LogP contribution >= 0.6 is 0 Å². The second-order valence-corrected chi connectivity index (χ2v) is 5.06. The van der Waals surface area contributed by atoms with Crippen molar-refractivity contribution in [2.75, 3.05) is 0 Å². The Hall–Kier alpha value is -2.62. The van der Waals surface area contributed by atoms with Gasteiger partial charge < -0.3 is 10.1 Å². The molecule has 3 nitrogen and oxygen atoms in total. The Bertz CT molecular complexity index is 822. The lowest BCUT2D eigenvalue weighted by atomic mass is 10.0. The lowest BCUT2D eigenvalue weighted by molar-refractivity contribution is -0.136. The first-order valence-electron chi connectivity index (χ1n) is 6.64. The molecule has 2 aromatic carbocycles. The fourth-order valence-corrected chi connectivity index (χ4v) is 2.67. The van der Waals surface area contributed by atoms with Crippen molar-refractivity contribution in [3.8, 4) is 11.3 Å². The molecule has 0 amide bonds. The number of halogens is 1.